The maximum atomic E-state index is 13.6. The fourth-order valence-electron chi connectivity index (χ4n) is 4.34. The summed E-state index contributed by atoms with van der Waals surface area (Å²) in [6.07, 6.45) is 3.70. The summed E-state index contributed by atoms with van der Waals surface area (Å²) in [5.41, 5.74) is 1.94. The summed E-state index contributed by atoms with van der Waals surface area (Å²) in [6.45, 7) is 6.35. The molecule has 1 aliphatic heterocycles. The van der Waals surface area contributed by atoms with Gasteiger partial charge in [-0.25, -0.2) is 9.18 Å². The van der Waals surface area contributed by atoms with Gasteiger partial charge in [0.15, 0.2) is 0 Å². The van der Waals surface area contributed by atoms with Crippen LogP contribution in [0.2, 0.25) is 5.02 Å². The van der Waals surface area contributed by atoms with E-state index in [-0.39, 0.29) is 18.0 Å². The third kappa shape index (κ3) is 4.04. The first-order valence-electron chi connectivity index (χ1n) is 10.9. The highest BCUT2D eigenvalue weighted by Crippen LogP contribution is 2.42. The Labute approximate surface area is 191 Å². The first-order valence-corrected chi connectivity index (χ1v) is 11.3. The number of fused-ring (bicyclic) bond motifs is 2. The van der Waals surface area contributed by atoms with E-state index < -0.39 is 5.60 Å². The van der Waals surface area contributed by atoms with E-state index in [0.717, 1.165) is 35.0 Å². The second-order valence-corrected chi connectivity index (χ2v) is 10.0. The van der Waals surface area contributed by atoms with Crippen molar-refractivity contribution in [3.05, 3.63) is 59.0 Å². The number of hydrogen-bond donors (Lipinski definition) is 0. The average Bonchev–Trinajstić information content (AvgIpc) is 3.48. The molecule has 5 rings (SSSR count). The Morgan fingerprint density at radius 2 is 1.97 bits per heavy atom. The van der Waals surface area contributed by atoms with Crippen molar-refractivity contribution in [2.45, 2.75) is 51.8 Å². The SMILES string of the molecule is CC(C)(C)OC(=O)N1Cc2cc(-n3ccc4cc(F)ccc43)cc(Cl)c2OCC1C1CC1. The molecule has 0 bridgehead atoms. The predicted octanol–water partition coefficient (Wildman–Crippen LogP) is 6.33. The highest BCUT2D eigenvalue weighted by Gasteiger charge is 2.41. The van der Waals surface area contributed by atoms with Crippen molar-refractivity contribution in [3.8, 4) is 11.4 Å². The molecule has 1 atom stereocenters. The van der Waals surface area contributed by atoms with Gasteiger partial charge in [-0.1, -0.05) is 11.6 Å². The molecule has 1 fully saturated rings. The van der Waals surface area contributed by atoms with Crippen LogP contribution in [0.1, 0.15) is 39.2 Å². The molecule has 3 aromatic rings. The Hall–Kier alpha value is -2.73. The molecule has 0 radical (unpaired) electrons. The lowest BCUT2D eigenvalue weighted by molar-refractivity contribution is 0.00833. The molecular weight excluding hydrogens is 431 g/mol. The van der Waals surface area contributed by atoms with Crippen LogP contribution in [0.5, 0.6) is 5.75 Å². The standard InChI is InChI=1S/C25H26ClFN2O3/c1-25(2,3)32-24(30)29-13-17-11-19(28-9-8-16-10-18(27)6-7-21(16)28)12-20(26)23(17)31-14-22(29)15-4-5-15/h6-12,15,22H,4-5,13-14H2,1-3H3. The third-order valence-corrected chi connectivity index (χ3v) is 6.25. The molecule has 1 saturated carbocycles. The summed E-state index contributed by atoms with van der Waals surface area (Å²) in [6, 6.07) is 10.3. The topological polar surface area (TPSA) is 43.7 Å². The number of rotatable bonds is 2. The monoisotopic (exact) mass is 456 g/mol. The van der Waals surface area contributed by atoms with E-state index in [9.17, 15) is 9.18 Å². The average molecular weight is 457 g/mol. The number of carbonyl (C=O) groups excluding carboxylic acids is 1. The first-order chi connectivity index (χ1) is 15.2. The Kier molecular flexibility index (Phi) is 5.08. The molecule has 1 amide bonds. The molecule has 2 heterocycles. The lowest BCUT2D eigenvalue weighted by Gasteiger charge is -2.31. The quantitative estimate of drug-likeness (QED) is 0.452. The van der Waals surface area contributed by atoms with Crippen molar-refractivity contribution in [3.63, 3.8) is 0 Å². The van der Waals surface area contributed by atoms with Gasteiger partial charge in [-0.2, -0.15) is 0 Å². The van der Waals surface area contributed by atoms with Crippen molar-refractivity contribution in [1.82, 2.24) is 9.47 Å². The summed E-state index contributed by atoms with van der Waals surface area (Å²) >= 11 is 6.66. The molecule has 1 unspecified atom stereocenters. The lowest BCUT2D eigenvalue weighted by atomic mass is 10.1. The molecule has 7 heteroatoms. The zero-order valence-corrected chi connectivity index (χ0v) is 19.2. The number of amides is 1. The van der Waals surface area contributed by atoms with Gasteiger partial charge in [0.2, 0.25) is 0 Å². The normalized spacial score (nSPS) is 18.8. The zero-order valence-electron chi connectivity index (χ0n) is 18.4. The van der Waals surface area contributed by atoms with E-state index >= 15 is 0 Å². The number of ether oxygens (including phenoxy) is 2. The van der Waals surface area contributed by atoms with Gasteiger partial charge in [-0.15, -0.1) is 0 Å². The third-order valence-electron chi connectivity index (χ3n) is 5.97. The van der Waals surface area contributed by atoms with E-state index in [1.165, 1.54) is 12.1 Å². The lowest BCUT2D eigenvalue weighted by Crippen LogP contribution is -2.45. The van der Waals surface area contributed by atoms with Crippen LogP contribution in [-0.4, -0.2) is 33.8 Å². The first kappa shape index (κ1) is 21.1. The Balaban J connectivity index is 1.54. The van der Waals surface area contributed by atoms with Crippen LogP contribution in [-0.2, 0) is 11.3 Å². The van der Waals surface area contributed by atoms with Crippen LogP contribution in [0.4, 0.5) is 9.18 Å². The van der Waals surface area contributed by atoms with Gasteiger partial charge in [0.05, 0.1) is 23.1 Å². The Morgan fingerprint density at radius 1 is 1.19 bits per heavy atom. The predicted molar refractivity (Wildman–Crippen MR) is 122 cm³/mol. The van der Waals surface area contributed by atoms with Gasteiger partial charge < -0.3 is 14.0 Å². The summed E-state index contributed by atoms with van der Waals surface area (Å²) in [5, 5.41) is 1.29. The Morgan fingerprint density at radius 3 is 2.69 bits per heavy atom. The van der Waals surface area contributed by atoms with Crippen LogP contribution < -0.4 is 4.74 Å². The summed E-state index contributed by atoms with van der Waals surface area (Å²) < 4.78 is 27.4. The van der Waals surface area contributed by atoms with E-state index in [0.29, 0.717) is 29.8 Å². The maximum absolute atomic E-state index is 13.6. The van der Waals surface area contributed by atoms with Crippen LogP contribution in [0, 0.1) is 11.7 Å². The fraction of sp³-hybridized carbons (Fsp3) is 0.400. The largest absolute Gasteiger partial charge is 0.490 e. The van der Waals surface area contributed by atoms with Crippen LogP contribution in [0.15, 0.2) is 42.6 Å². The number of halogens is 2. The summed E-state index contributed by atoms with van der Waals surface area (Å²) in [4.78, 5) is 14.9. The summed E-state index contributed by atoms with van der Waals surface area (Å²) in [5.74, 6) is 0.746. The highest BCUT2D eigenvalue weighted by molar-refractivity contribution is 6.32. The number of benzene rings is 2. The smallest absolute Gasteiger partial charge is 0.410 e. The van der Waals surface area contributed by atoms with Gasteiger partial charge in [-0.05, 0) is 75.9 Å². The second-order valence-electron chi connectivity index (χ2n) is 9.63. The molecule has 1 aliphatic carbocycles. The molecule has 0 saturated heterocycles. The number of hydrogen-bond acceptors (Lipinski definition) is 3. The van der Waals surface area contributed by atoms with Crippen LogP contribution >= 0.6 is 11.6 Å². The number of nitrogens with zero attached hydrogens (tertiary/aromatic N) is 2. The van der Waals surface area contributed by atoms with Crippen molar-refractivity contribution in [2.75, 3.05) is 6.61 Å². The van der Waals surface area contributed by atoms with Crippen molar-refractivity contribution < 1.29 is 18.7 Å². The second kappa shape index (κ2) is 7.69. The molecule has 0 N–H and O–H groups in total. The minimum absolute atomic E-state index is 0.0489. The molecule has 0 spiro atoms. The van der Waals surface area contributed by atoms with Crippen molar-refractivity contribution in [2.24, 2.45) is 5.92 Å². The van der Waals surface area contributed by atoms with E-state index in [1.807, 2.05) is 49.7 Å². The van der Waals surface area contributed by atoms with Gasteiger partial charge in [-0.3, -0.25) is 4.90 Å². The van der Waals surface area contributed by atoms with Crippen molar-refractivity contribution in [1.29, 1.82) is 0 Å². The molecular formula is C25H26ClFN2O3. The van der Waals surface area contributed by atoms with E-state index in [2.05, 4.69) is 0 Å². The van der Waals surface area contributed by atoms with Crippen LogP contribution in [0.3, 0.4) is 0 Å². The molecule has 32 heavy (non-hydrogen) atoms. The zero-order chi connectivity index (χ0) is 22.6. The summed E-state index contributed by atoms with van der Waals surface area (Å²) in [7, 11) is 0. The van der Waals surface area contributed by atoms with Gasteiger partial charge in [0, 0.05) is 22.8 Å². The van der Waals surface area contributed by atoms with Gasteiger partial charge >= 0.3 is 6.09 Å². The van der Waals surface area contributed by atoms with Crippen molar-refractivity contribution >= 4 is 28.6 Å². The van der Waals surface area contributed by atoms with Crippen LogP contribution in [0.25, 0.3) is 16.6 Å². The van der Waals surface area contributed by atoms with Gasteiger partial charge in [0.1, 0.15) is 23.8 Å². The molecule has 5 nitrogen and oxygen atoms in total. The number of carbonyl (C=O) groups is 1. The molecule has 168 valence electrons. The molecule has 1 aromatic heterocycles. The number of aromatic nitrogens is 1. The van der Waals surface area contributed by atoms with E-state index in [4.69, 9.17) is 21.1 Å². The highest BCUT2D eigenvalue weighted by atomic mass is 35.5. The Bertz CT molecular complexity index is 1200. The van der Waals surface area contributed by atoms with Gasteiger partial charge in [0.25, 0.3) is 0 Å². The van der Waals surface area contributed by atoms with E-state index in [1.54, 1.807) is 11.0 Å². The fourth-order valence-corrected chi connectivity index (χ4v) is 4.63. The minimum Gasteiger partial charge on any atom is -0.490 e. The molecule has 2 aliphatic rings. The minimum atomic E-state index is -0.583. The maximum Gasteiger partial charge on any atom is 0.410 e. The molecule has 2 aromatic carbocycles.